The van der Waals surface area contributed by atoms with Crippen LogP contribution in [0, 0.1) is 17.1 Å². The van der Waals surface area contributed by atoms with Gasteiger partial charge in [-0.1, -0.05) is 0 Å². The Morgan fingerprint density at radius 3 is 2.52 bits per heavy atom. The largest absolute Gasteiger partial charge is 0.475 e. The van der Waals surface area contributed by atoms with E-state index in [0.29, 0.717) is 25.3 Å². The van der Waals surface area contributed by atoms with Gasteiger partial charge in [0.2, 0.25) is 5.88 Å². The van der Waals surface area contributed by atoms with Gasteiger partial charge in [0.15, 0.2) is 0 Å². The number of nitrogens with zero attached hydrogens (tertiary/aromatic N) is 4. The van der Waals surface area contributed by atoms with E-state index in [1.807, 2.05) is 0 Å². The number of hydrogen-bond acceptors (Lipinski definition) is 8. The van der Waals surface area contributed by atoms with E-state index in [0.717, 1.165) is 29.9 Å². The number of amides is 2. The van der Waals surface area contributed by atoms with Crippen molar-refractivity contribution in [1.29, 1.82) is 5.26 Å². The van der Waals surface area contributed by atoms with Gasteiger partial charge in [0.05, 0.1) is 43.0 Å². The number of carbonyl (C=O) groups is 2. The summed E-state index contributed by atoms with van der Waals surface area (Å²) in [7, 11) is 1.58. The molecule has 2 aliphatic rings. The van der Waals surface area contributed by atoms with E-state index in [9.17, 15) is 28.4 Å². The number of nitrogens with one attached hydrogen (secondary N) is 2. The lowest BCUT2D eigenvalue weighted by atomic mass is 9.95. The second-order valence-electron chi connectivity index (χ2n) is 11.6. The molecule has 0 bridgehead atoms. The molecule has 0 unspecified atom stereocenters. The lowest BCUT2D eigenvalue weighted by Gasteiger charge is -2.39. The number of benzene rings is 1. The summed E-state index contributed by atoms with van der Waals surface area (Å²) in [5, 5.41) is 15.2. The molecule has 0 radical (unpaired) electrons. The number of likely N-dealkylation sites (tertiary alicyclic amines) is 1. The minimum Gasteiger partial charge on any atom is -0.475 e. The van der Waals surface area contributed by atoms with Crippen molar-refractivity contribution in [2.24, 2.45) is 0 Å². The minimum atomic E-state index is -3.07. The van der Waals surface area contributed by atoms with Crippen LogP contribution in [0.2, 0.25) is 0 Å². The maximum atomic E-state index is 15.6. The standard InChI is InChI=1S/C32H33F3N6O5/c1-18(2)46-27-12-21(28-23(8-19(13-36)10-25(28)33)30(43)40-16-32(34,35)17-40)11-26(38-27)39-29(42)24-9-20(14-37-6-7-45-3)15-41(31(24)44)22-4-5-22/h8-12,15,18,22,37H,4-7,14,16-17H2,1-3H3,(H,38,39,42). The molecule has 1 aromatic carbocycles. The Labute approximate surface area is 262 Å². The fourth-order valence-corrected chi connectivity index (χ4v) is 5.11. The van der Waals surface area contributed by atoms with Crippen molar-refractivity contribution in [2.45, 2.75) is 51.3 Å². The second-order valence-corrected chi connectivity index (χ2v) is 11.6. The second kappa shape index (κ2) is 13.3. The average molecular weight is 639 g/mol. The summed E-state index contributed by atoms with van der Waals surface area (Å²) >= 11 is 0. The average Bonchev–Trinajstić information content (AvgIpc) is 3.83. The zero-order valence-electron chi connectivity index (χ0n) is 25.5. The van der Waals surface area contributed by atoms with Crippen LogP contribution in [0.4, 0.5) is 19.0 Å². The topological polar surface area (TPSA) is 139 Å². The summed E-state index contributed by atoms with van der Waals surface area (Å²) in [6.07, 6.45) is 2.96. The summed E-state index contributed by atoms with van der Waals surface area (Å²) in [5.74, 6) is -5.83. The molecule has 1 saturated heterocycles. The Hall–Kier alpha value is -4.74. The number of hydrogen-bond donors (Lipinski definition) is 2. The predicted octanol–water partition coefficient (Wildman–Crippen LogP) is 4.12. The van der Waals surface area contributed by atoms with E-state index >= 15 is 4.39 Å². The third-order valence-electron chi connectivity index (χ3n) is 7.37. The molecule has 2 N–H and O–H groups in total. The highest BCUT2D eigenvalue weighted by Crippen LogP contribution is 2.36. The molecule has 14 heteroatoms. The Balaban J connectivity index is 1.53. The number of pyridine rings is 2. The molecule has 3 aromatic rings. The monoisotopic (exact) mass is 638 g/mol. The van der Waals surface area contributed by atoms with Crippen molar-refractivity contribution in [3.63, 3.8) is 0 Å². The first-order valence-corrected chi connectivity index (χ1v) is 14.7. The first kappa shape index (κ1) is 32.6. The molecule has 1 saturated carbocycles. The number of methoxy groups -OCH3 is 1. The number of nitriles is 1. The summed E-state index contributed by atoms with van der Waals surface area (Å²) in [5.41, 5.74) is -0.647. The predicted molar refractivity (Wildman–Crippen MR) is 161 cm³/mol. The highest BCUT2D eigenvalue weighted by Gasteiger charge is 2.47. The van der Waals surface area contributed by atoms with Gasteiger partial charge in [-0.05, 0) is 62.1 Å². The smallest absolute Gasteiger partial charge is 0.282 e. The molecular weight excluding hydrogens is 605 g/mol. The third kappa shape index (κ3) is 7.38. The van der Waals surface area contributed by atoms with Gasteiger partial charge in [-0.2, -0.15) is 10.2 Å². The fourth-order valence-electron chi connectivity index (χ4n) is 5.11. The van der Waals surface area contributed by atoms with Crippen LogP contribution in [0.15, 0.2) is 41.3 Å². The van der Waals surface area contributed by atoms with E-state index in [1.165, 1.54) is 18.2 Å². The molecule has 2 aromatic heterocycles. The number of rotatable bonds is 12. The number of halogens is 3. The Morgan fingerprint density at radius 2 is 1.89 bits per heavy atom. The van der Waals surface area contributed by atoms with Crippen molar-refractivity contribution in [2.75, 3.05) is 38.7 Å². The van der Waals surface area contributed by atoms with Crippen molar-refractivity contribution in [1.82, 2.24) is 19.8 Å². The maximum absolute atomic E-state index is 15.6. The molecule has 5 rings (SSSR count). The van der Waals surface area contributed by atoms with E-state index in [-0.39, 0.29) is 45.6 Å². The first-order valence-electron chi connectivity index (χ1n) is 14.7. The van der Waals surface area contributed by atoms with Crippen LogP contribution in [0.5, 0.6) is 5.88 Å². The molecule has 1 aliphatic heterocycles. The van der Waals surface area contributed by atoms with E-state index < -0.39 is 48.3 Å². The molecule has 0 atom stereocenters. The summed E-state index contributed by atoms with van der Waals surface area (Å²) < 4.78 is 55.2. The molecule has 242 valence electrons. The van der Waals surface area contributed by atoms with E-state index in [2.05, 4.69) is 15.6 Å². The Kier molecular flexibility index (Phi) is 9.45. The third-order valence-corrected chi connectivity index (χ3v) is 7.37. The Morgan fingerprint density at radius 1 is 1.15 bits per heavy atom. The quantitative estimate of drug-likeness (QED) is 0.283. The molecule has 0 spiro atoms. The fraction of sp³-hybridized carbons (Fsp3) is 0.406. The van der Waals surface area contributed by atoms with Gasteiger partial charge in [-0.25, -0.2) is 13.2 Å². The van der Waals surface area contributed by atoms with Gasteiger partial charge < -0.3 is 29.6 Å². The highest BCUT2D eigenvalue weighted by atomic mass is 19.3. The van der Waals surface area contributed by atoms with Crippen LogP contribution in [-0.2, 0) is 11.3 Å². The van der Waals surface area contributed by atoms with E-state index in [4.69, 9.17) is 9.47 Å². The molecule has 2 amide bonds. The van der Waals surface area contributed by atoms with Gasteiger partial charge in [-0.15, -0.1) is 0 Å². The number of anilines is 1. The minimum absolute atomic E-state index is 0.00727. The summed E-state index contributed by atoms with van der Waals surface area (Å²) in [6.45, 7) is 3.18. The van der Waals surface area contributed by atoms with Gasteiger partial charge in [-0.3, -0.25) is 14.4 Å². The number of aromatic nitrogens is 2. The van der Waals surface area contributed by atoms with Crippen LogP contribution in [0.3, 0.4) is 0 Å². The lowest BCUT2D eigenvalue weighted by Crippen LogP contribution is -2.58. The summed E-state index contributed by atoms with van der Waals surface area (Å²) in [4.78, 5) is 45.3. The van der Waals surface area contributed by atoms with Gasteiger partial charge in [0, 0.05) is 44.1 Å². The Bertz CT molecular complexity index is 1760. The van der Waals surface area contributed by atoms with Crippen LogP contribution in [0.1, 0.15) is 64.6 Å². The maximum Gasteiger partial charge on any atom is 0.282 e. The van der Waals surface area contributed by atoms with Crippen molar-refractivity contribution in [3.8, 4) is 23.1 Å². The van der Waals surface area contributed by atoms with Crippen molar-refractivity contribution < 1.29 is 32.2 Å². The van der Waals surface area contributed by atoms with Gasteiger partial charge in [0.1, 0.15) is 17.2 Å². The molecule has 3 heterocycles. The number of carbonyl (C=O) groups excluding carboxylic acids is 2. The van der Waals surface area contributed by atoms with Crippen LogP contribution < -0.4 is 20.9 Å². The lowest BCUT2D eigenvalue weighted by molar-refractivity contribution is -0.113. The molecule has 46 heavy (non-hydrogen) atoms. The van der Waals surface area contributed by atoms with E-state index in [1.54, 1.807) is 37.8 Å². The number of alkyl halides is 2. The van der Waals surface area contributed by atoms with Crippen molar-refractivity contribution >= 4 is 17.6 Å². The van der Waals surface area contributed by atoms with Crippen LogP contribution in [0.25, 0.3) is 11.1 Å². The normalized spacial score (nSPS) is 15.3. The zero-order valence-corrected chi connectivity index (χ0v) is 25.5. The van der Waals surface area contributed by atoms with Gasteiger partial charge >= 0.3 is 0 Å². The van der Waals surface area contributed by atoms with Crippen LogP contribution >= 0.6 is 0 Å². The molecule has 1 aliphatic carbocycles. The zero-order chi connectivity index (χ0) is 33.2. The van der Waals surface area contributed by atoms with Crippen molar-refractivity contribution in [3.05, 3.63) is 75.0 Å². The molecule has 2 fully saturated rings. The highest BCUT2D eigenvalue weighted by molar-refractivity contribution is 6.05. The van der Waals surface area contributed by atoms with Gasteiger partial charge in [0.25, 0.3) is 23.3 Å². The SMILES string of the molecule is COCCNCc1cc(C(=O)Nc2cc(-c3c(F)cc(C#N)cc3C(=O)N3CC(F)(F)C3)cc(OC(C)C)n2)c(=O)n(C2CC2)c1. The van der Waals surface area contributed by atoms with Crippen LogP contribution in [-0.4, -0.2) is 71.6 Å². The molecular formula is C32H33F3N6O5. The summed E-state index contributed by atoms with van der Waals surface area (Å²) in [6, 6.07) is 7.94. The molecule has 11 nitrogen and oxygen atoms in total. The first-order chi connectivity index (χ1) is 21.9. The number of ether oxygens (including phenoxy) is 2.